The number of methoxy groups -OCH3 is 1. The molecule has 0 unspecified atom stereocenters. The Hall–Kier alpha value is -3.12. The maximum atomic E-state index is 12.7. The third kappa shape index (κ3) is 3.83. The van der Waals surface area contributed by atoms with Crippen molar-refractivity contribution < 1.29 is 14.3 Å². The predicted octanol–water partition coefficient (Wildman–Crippen LogP) is 4.81. The third-order valence-electron chi connectivity index (χ3n) is 6.09. The van der Waals surface area contributed by atoms with Crippen LogP contribution in [-0.2, 0) is 0 Å². The average Bonchev–Trinajstić information content (AvgIpc) is 2.80. The molecule has 0 radical (unpaired) electrons. The molecule has 7 heteroatoms. The van der Waals surface area contributed by atoms with Gasteiger partial charge in [0.25, 0.3) is 0 Å². The van der Waals surface area contributed by atoms with Gasteiger partial charge in [-0.2, -0.15) is 0 Å². The lowest BCUT2D eigenvalue weighted by atomic mass is 9.82. The number of halogens is 1. The molecule has 2 aliphatic heterocycles. The number of piperidine rings is 1. The van der Waals surface area contributed by atoms with Crippen molar-refractivity contribution in [1.82, 2.24) is 10.2 Å². The molecule has 2 aromatic carbocycles. The summed E-state index contributed by atoms with van der Waals surface area (Å²) < 4.78 is 11.5. The number of hydrogen-bond acceptors (Lipinski definition) is 6. The summed E-state index contributed by atoms with van der Waals surface area (Å²) in [5.41, 5.74) is 1.94. The Labute approximate surface area is 185 Å². The van der Waals surface area contributed by atoms with E-state index in [0.717, 1.165) is 48.8 Å². The van der Waals surface area contributed by atoms with E-state index < -0.39 is 5.60 Å². The first-order valence-corrected chi connectivity index (χ1v) is 10.7. The second-order valence-corrected chi connectivity index (χ2v) is 8.45. The Balaban J connectivity index is 1.27. The minimum Gasteiger partial charge on any atom is -0.497 e. The molecule has 0 atom stereocenters. The number of benzene rings is 2. The topological polar surface area (TPSA) is 64.5 Å². The van der Waals surface area contributed by atoms with Crippen LogP contribution in [0.2, 0.25) is 5.02 Å². The molecule has 31 heavy (non-hydrogen) atoms. The quantitative estimate of drug-likeness (QED) is 0.588. The molecule has 3 heterocycles. The number of carbonyl (C=O) groups is 1. The zero-order valence-corrected chi connectivity index (χ0v) is 17.9. The van der Waals surface area contributed by atoms with Gasteiger partial charge in [-0.25, -0.2) is 0 Å². The van der Waals surface area contributed by atoms with Gasteiger partial charge in [-0.05, 0) is 54.6 Å². The first kappa shape index (κ1) is 19.8. The normalized spacial score (nSPS) is 17.2. The Kier molecular flexibility index (Phi) is 5.02. The van der Waals surface area contributed by atoms with Crippen LogP contribution in [0.3, 0.4) is 0 Å². The smallest absolute Gasteiger partial charge is 0.170 e. The van der Waals surface area contributed by atoms with Crippen molar-refractivity contribution >= 4 is 23.2 Å². The number of nitrogens with zero attached hydrogens (tertiary/aromatic N) is 3. The van der Waals surface area contributed by atoms with E-state index in [-0.39, 0.29) is 5.78 Å². The molecule has 1 saturated heterocycles. The summed E-state index contributed by atoms with van der Waals surface area (Å²) in [6, 6.07) is 17.0. The van der Waals surface area contributed by atoms with Crippen molar-refractivity contribution in [3.05, 3.63) is 65.2 Å². The Morgan fingerprint density at radius 2 is 1.81 bits per heavy atom. The Bertz CT molecular complexity index is 1110. The third-order valence-corrected chi connectivity index (χ3v) is 6.32. The summed E-state index contributed by atoms with van der Waals surface area (Å²) in [5.74, 6) is 2.38. The highest BCUT2D eigenvalue weighted by Gasteiger charge is 2.43. The number of hydrogen-bond donors (Lipinski definition) is 0. The van der Waals surface area contributed by atoms with Crippen molar-refractivity contribution in [2.75, 3.05) is 25.1 Å². The number of anilines is 1. The highest BCUT2D eigenvalue weighted by atomic mass is 35.5. The lowest BCUT2D eigenvalue weighted by Gasteiger charge is -2.44. The van der Waals surface area contributed by atoms with Crippen molar-refractivity contribution in [1.29, 1.82) is 0 Å². The second kappa shape index (κ2) is 7.85. The Morgan fingerprint density at radius 1 is 1.03 bits per heavy atom. The van der Waals surface area contributed by atoms with E-state index in [1.54, 1.807) is 25.3 Å². The molecule has 0 N–H and O–H groups in total. The van der Waals surface area contributed by atoms with Crippen LogP contribution in [0.5, 0.6) is 11.5 Å². The number of fused-ring (bicyclic) bond motifs is 1. The van der Waals surface area contributed by atoms with E-state index in [0.29, 0.717) is 22.8 Å². The molecule has 6 nitrogen and oxygen atoms in total. The summed E-state index contributed by atoms with van der Waals surface area (Å²) in [5, 5.41) is 9.39. The lowest BCUT2D eigenvalue weighted by Crippen LogP contribution is -2.51. The van der Waals surface area contributed by atoms with Crippen LogP contribution in [-0.4, -0.2) is 41.8 Å². The van der Waals surface area contributed by atoms with Gasteiger partial charge < -0.3 is 14.4 Å². The summed E-state index contributed by atoms with van der Waals surface area (Å²) >= 11 is 6.04. The zero-order chi connectivity index (χ0) is 21.4. The highest BCUT2D eigenvalue weighted by molar-refractivity contribution is 6.31. The van der Waals surface area contributed by atoms with Gasteiger partial charge >= 0.3 is 0 Å². The maximum absolute atomic E-state index is 12.7. The fourth-order valence-corrected chi connectivity index (χ4v) is 4.47. The summed E-state index contributed by atoms with van der Waals surface area (Å²) in [6.45, 7) is 1.51. The van der Waals surface area contributed by atoms with Crippen LogP contribution in [0, 0.1) is 0 Å². The molecule has 0 aliphatic carbocycles. The summed E-state index contributed by atoms with van der Waals surface area (Å²) in [7, 11) is 1.65. The standard InChI is InChI=1S/C24H22ClN3O3/c1-30-18-5-2-16(3-6-18)20-7-9-23(27-26-20)28-12-10-24(11-13-28)15-21(29)19-14-17(25)4-8-22(19)31-24/h2-9,14H,10-13,15H2,1H3. The van der Waals surface area contributed by atoms with Crippen LogP contribution >= 0.6 is 11.6 Å². The van der Waals surface area contributed by atoms with Crippen LogP contribution in [0.1, 0.15) is 29.6 Å². The lowest BCUT2D eigenvalue weighted by molar-refractivity contribution is 0.0231. The van der Waals surface area contributed by atoms with E-state index in [1.807, 2.05) is 36.4 Å². The minimum absolute atomic E-state index is 0.0980. The molecule has 5 rings (SSSR count). The fraction of sp³-hybridized carbons (Fsp3) is 0.292. The highest BCUT2D eigenvalue weighted by Crippen LogP contribution is 2.40. The van der Waals surface area contributed by atoms with Crippen molar-refractivity contribution in [3.63, 3.8) is 0 Å². The molecule has 3 aromatic rings. The zero-order valence-electron chi connectivity index (χ0n) is 17.2. The molecule has 1 spiro atoms. The van der Waals surface area contributed by atoms with Crippen molar-refractivity contribution in [2.45, 2.75) is 24.9 Å². The molecule has 0 amide bonds. The van der Waals surface area contributed by atoms with E-state index in [2.05, 4.69) is 15.1 Å². The van der Waals surface area contributed by atoms with Gasteiger partial charge in [0.2, 0.25) is 0 Å². The molecule has 0 bridgehead atoms. The van der Waals surface area contributed by atoms with Gasteiger partial charge in [-0.3, -0.25) is 4.79 Å². The minimum atomic E-state index is -0.453. The van der Waals surface area contributed by atoms with Gasteiger partial charge in [0.15, 0.2) is 11.6 Å². The van der Waals surface area contributed by atoms with E-state index in [4.69, 9.17) is 21.1 Å². The molecular weight excluding hydrogens is 414 g/mol. The van der Waals surface area contributed by atoms with E-state index in [1.165, 1.54) is 0 Å². The van der Waals surface area contributed by atoms with Crippen molar-refractivity contribution in [3.8, 4) is 22.8 Å². The van der Waals surface area contributed by atoms with Gasteiger partial charge in [0.05, 0.1) is 24.8 Å². The summed E-state index contributed by atoms with van der Waals surface area (Å²) in [4.78, 5) is 14.9. The monoisotopic (exact) mass is 435 g/mol. The van der Waals surface area contributed by atoms with Crippen molar-refractivity contribution in [2.24, 2.45) is 0 Å². The predicted molar refractivity (Wildman–Crippen MR) is 119 cm³/mol. The first-order chi connectivity index (χ1) is 15.0. The summed E-state index contributed by atoms with van der Waals surface area (Å²) in [6.07, 6.45) is 1.89. The molecule has 158 valence electrons. The number of ketones is 1. The fourth-order valence-electron chi connectivity index (χ4n) is 4.30. The van der Waals surface area contributed by atoms with Gasteiger partial charge in [-0.15, -0.1) is 10.2 Å². The van der Waals surface area contributed by atoms with Gasteiger partial charge in [0.1, 0.15) is 17.1 Å². The number of carbonyl (C=O) groups excluding carboxylic acids is 1. The van der Waals surface area contributed by atoms with Crippen LogP contribution in [0.25, 0.3) is 11.3 Å². The average molecular weight is 436 g/mol. The van der Waals surface area contributed by atoms with E-state index >= 15 is 0 Å². The number of ether oxygens (including phenoxy) is 2. The first-order valence-electron chi connectivity index (χ1n) is 10.3. The Morgan fingerprint density at radius 3 is 2.48 bits per heavy atom. The van der Waals surface area contributed by atoms with Crippen LogP contribution in [0.4, 0.5) is 5.82 Å². The van der Waals surface area contributed by atoms with Gasteiger partial charge in [-0.1, -0.05) is 11.6 Å². The molecule has 1 fully saturated rings. The molecule has 2 aliphatic rings. The largest absolute Gasteiger partial charge is 0.497 e. The van der Waals surface area contributed by atoms with Crippen LogP contribution < -0.4 is 14.4 Å². The SMILES string of the molecule is COc1ccc(-c2ccc(N3CCC4(CC3)CC(=O)c3cc(Cl)ccc3O4)nn2)cc1. The second-order valence-electron chi connectivity index (χ2n) is 8.02. The number of Topliss-reactive ketones (excluding diaryl/α,β-unsaturated/α-hetero) is 1. The van der Waals surface area contributed by atoms with Gasteiger partial charge in [0, 0.05) is 36.5 Å². The molecular formula is C24H22ClN3O3. The number of aromatic nitrogens is 2. The van der Waals surface area contributed by atoms with Crippen LogP contribution in [0.15, 0.2) is 54.6 Å². The van der Waals surface area contributed by atoms with E-state index in [9.17, 15) is 4.79 Å². The number of rotatable bonds is 3. The molecule has 0 saturated carbocycles. The molecule has 1 aromatic heterocycles. The maximum Gasteiger partial charge on any atom is 0.170 e.